The Morgan fingerprint density at radius 1 is 1.09 bits per heavy atom. The molecule has 64 valence electrons. The monoisotopic (exact) mass is 155 g/mol. The topological polar surface area (TPSA) is 23.5 Å². The molecule has 0 aromatic heterocycles. The molecule has 1 N–H and O–H groups in total. The minimum atomic E-state index is -0.0376. The number of hydrogen-bond acceptors (Lipinski definition) is 2. The minimum Gasteiger partial charge on any atom is -0.392 e. The van der Waals surface area contributed by atoms with Gasteiger partial charge in [0.2, 0.25) is 0 Å². The fraction of sp³-hybridized carbons (Fsp3) is 1.00. The van der Waals surface area contributed by atoms with Crippen molar-refractivity contribution in [1.82, 2.24) is 4.90 Å². The molecule has 2 heteroatoms. The van der Waals surface area contributed by atoms with Gasteiger partial charge in [-0.2, -0.15) is 0 Å². The van der Waals surface area contributed by atoms with Crippen LogP contribution < -0.4 is 0 Å². The second kappa shape index (κ2) is 3.11. The van der Waals surface area contributed by atoms with Crippen LogP contribution in [0.4, 0.5) is 0 Å². The predicted molar refractivity (Wildman–Crippen MR) is 44.5 cm³/mol. The third-order valence-corrected chi connectivity index (χ3v) is 3.03. The van der Waals surface area contributed by atoms with Gasteiger partial charge in [0.25, 0.3) is 0 Å². The van der Waals surface area contributed by atoms with Crippen molar-refractivity contribution >= 4 is 0 Å². The smallest absolute Gasteiger partial charge is 0.0667 e. The maximum Gasteiger partial charge on any atom is 0.0667 e. The number of aliphatic hydroxyl groups is 1. The minimum absolute atomic E-state index is 0.0376. The molecule has 0 saturated carbocycles. The Labute approximate surface area is 68.2 Å². The number of rotatable bonds is 0. The SMILES string of the molecule is O[C@H]1CC[C@H]2CCCCN2C1. The normalized spacial score (nSPS) is 40.1. The van der Waals surface area contributed by atoms with E-state index in [1.54, 1.807) is 0 Å². The summed E-state index contributed by atoms with van der Waals surface area (Å²) < 4.78 is 0. The summed E-state index contributed by atoms with van der Waals surface area (Å²) >= 11 is 0. The van der Waals surface area contributed by atoms with E-state index in [0.717, 1.165) is 19.0 Å². The largest absolute Gasteiger partial charge is 0.392 e. The van der Waals surface area contributed by atoms with Gasteiger partial charge in [-0.15, -0.1) is 0 Å². The van der Waals surface area contributed by atoms with Crippen molar-refractivity contribution in [1.29, 1.82) is 0 Å². The standard InChI is InChI=1S/C9H17NO/c11-9-5-4-8-3-1-2-6-10(8)7-9/h8-9,11H,1-7H2/t8-,9+/m1/s1. The van der Waals surface area contributed by atoms with Crippen LogP contribution in [-0.2, 0) is 0 Å². The van der Waals surface area contributed by atoms with Gasteiger partial charge >= 0.3 is 0 Å². The lowest BCUT2D eigenvalue weighted by atomic mass is 9.92. The zero-order chi connectivity index (χ0) is 7.68. The van der Waals surface area contributed by atoms with Crippen LogP contribution in [0.25, 0.3) is 0 Å². The van der Waals surface area contributed by atoms with Crippen LogP contribution in [0.3, 0.4) is 0 Å². The number of piperidine rings is 2. The molecule has 0 unspecified atom stereocenters. The molecule has 2 atom stereocenters. The fourth-order valence-electron chi connectivity index (χ4n) is 2.37. The summed E-state index contributed by atoms with van der Waals surface area (Å²) in [6.45, 7) is 2.16. The third kappa shape index (κ3) is 1.57. The van der Waals surface area contributed by atoms with Crippen LogP contribution in [0.15, 0.2) is 0 Å². The number of aliphatic hydroxyl groups excluding tert-OH is 1. The molecule has 0 aromatic rings. The van der Waals surface area contributed by atoms with Crippen LogP contribution in [0.2, 0.25) is 0 Å². The van der Waals surface area contributed by atoms with Gasteiger partial charge in [-0.1, -0.05) is 6.42 Å². The third-order valence-electron chi connectivity index (χ3n) is 3.03. The maximum atomic E-state index is 9.41. The molecule has 0 aliphatic carbocycles. The molecular formula is C9H17NO. The number of hydrogen-bond donors (Lipinski definition) is 1. The van der Waals surface area contributed by atoms with E-state index in [1.807, 2.05) is 0 Å². The van der Waals surface area contributed by atoms with Crippen molar-refractivity contribution in [3.8, 4) is 0 Å². The zero-order valence-electron chi connectivity index (χ0n) is 7.00. The van der Waals surface area contributed by atoms with Crippen molar-refractivity contribution in [2.45, 2.75) is 44.2 Å². The molecule has 2 saturated heterocycles. The summed E-state index contributed by atoms with van der Waals surface area (Å²) in [5.41, 5.74) is 0. The molecule has 0 spiro atoms. The second-order valence-electron chi connectivity index (χ2n) is 3.88. The highest BCUT2D eigenvalue weighted by Gasteiger charge is 2.28. The summed E-state index contributed by atoms with van der Waals surface area (Å²) in [6.07, 6.45) is 6.32. The van der Waals surface area contributed by atoms with Gasteiger partial charge in [-0.3, -0.25) is 4.90 Å². The maximum absolute atomic E-state index is 9.41. The van der Waals surface area contributed by atoms with E-state index in [1.165, 1.54) is 32.2 Å². The second-order valence-corrected chi connectivity index (χ2v) is 3.88. The summed E-state index contributed by atoms with van der Waals surface area (Å²) in [5.74, 6) is 0. The molecule has 2 aliphatic heterocycles. The quantitative estimate of drug-likeness (QED) is 0.564. The Bertz CT molecular complexity index is 138. The van der Waals surface area contributed by atoms with Crippen molar-refractivity contribution in [3.63, 3.8) is 0 Å². The first kappa shape index (κ1) is 7.56. The zero-order valence-corrected chi connectivity index (χ0v) is 7.00. The van der Waals surface area contributed by atoms with Gasteiger partial charge in [0.1, 0.15) is 0 Å². The lowest BCUT2D eigenvalue weighted by molar-refractivity contribution is 0.0180. The van der Waals surface area contributed by atoms with E-state index in [-0.39, 0.29) is 6.10 Å². The molecular weight excluding hydrogens is 138 g/mol. The molecule has 0 bridgehead atoms. The lowest BCUT2D eigenvalue weighted by Gasteiger charge is -2.41. The van der Waals surface area contributed by atoms with Crippen molar-refractivity contribution in [3.05, 3.63) is 0 Å². The highest BCUT2D eigenvalue weighted by molar-refractivity contribution is 4.83. The average Bonchev–Trinajstić information content (AvgIpc) is 2.04. The van der Waals surface area contributed by atoms with E-state index in [0.29, 0.717) is 0 Å². The first-order chi connectivity index (χ1) is 5.36. The Morgan fingerprint density at radius 2 is 2.00 bits per heavy atom. The van der Waals surface area contributed by atoms with Gasteiger partial charge in [0, 0.05) is 12.6 Å². The Morgan fingerprint density at radius 3 is 2.91 bits per heavy atom. The number of nitrogens with zero attached hydrogens (tertiary/aromatic N) is 1. The highest BCUT2D eigenvalue weighted by Crippen LogP contribution is 2.25. The molecule has 0 amide bonds. The summed E-state index contributed by atoms with van der Waals surface area (Å²) in [4.78, 5) is 2.47. The van der Waals surface area contributed by atoms with Crippen LogP contribution in [0.5, 0.6) is 0 Å². The van der Waals surface area contributed by atoms with Crippen LogP contribution >= 0.6 is 0 Å². The van der Waals surface area contributed by atoms with E-state index >= 15 is 0 Å². The van der Waals surface area contributed by atoms with E-state index in [2.05, 4.69) is 4.90 Å². The molecule has 2 aliphatic rings. The lowest BCUT2D eigenvalue weighted by Crippen LogP contribution is -2.47. The van der Waals surface area contributed by atoms with Crippen LogP contribution in [0.1, 0.15) is 32.1 Å². The summed E-state index contributed by atoms with van der Waals surface area (Å²) in [7, 11) is 0. The highest BCUT2D eigenvalue weighted by atomic mass is 16.3. The Balaban J connectivity index is 1.93. The summed E-state index contributed by atoms with van der Waals surface area (Å²) in [5, 5.41) is 9.41. The van der Waals surface area contributed by atoms with E-state index < -0.39 is 0 Å². The van der Waals surface area contributed by atoms with E-state index in [4.69, 9.17) is 0 Å². The van der Waals surface area contributed by atoms with Crippen molar-refractivity contribution in [2.24, 2.45) is 0 Å². The molecule has 0 radical (unpaired) electrons. The first-order valence-corrected chi connectivity index (χ1v) is 4.78. The molecule has 2 nitrogen and oxygen atoms in total. The first-order valence-electron chi connectivity index (χ1n) is 4.78. The molecule has 11 heavy (non-hydrogen) atoms. The molecule has 0 aromatic carbocycles. The molecule has 2 fully saturated rings. The van der Waals surface area contributed by atoms with Gasteiger partial charge in [-0.05, 0) is 32.2 Å². The average molecular weight is 155 g/mol. The predicted octanol–water partition coefficient (Wildman–Crippen LogP) is 0.996. The van der Waals surface area contributed by atoms with Gasteiger partial charge in [-0.25, -0.2) is 0 Å². The number of fused-ring (bicyclic) bond motifs is 1. The van der Waals surface area contributed by atoms with Gasteiger partial charge in [0.15, 0.2) is 0 Å². The molecule has 2 heterocycles. The van der Waals surface area contributed by atoms with Crippen LogP contribution in [0, 0.1) is 0 Å². The fourth-order valence-corrected chi connectivity index (χ4v) is 2.37. The van der Waals surface area contributed by atoms with Gasteiger partial charge < -0.3 is 5.11 Å². The van der Waals surface area contributed by atoms with Crippen molar-refractivity contribution < 1.29 is 5.11 Å². The Hall–Kier alpha value is -0.0800. The summed E-state index contributed by atoms with van der Waals surface area (Å²) in [6, 6.07) is 0.812. The van der Waals surface area contributed by atoms with Crippen molar-refractivity contribution in [2.75, 3.05) is 13.1 Å². The van der Waals surface area contributed by atoms with Crippen LogP contribution in [-0.4, -0.2) is 35.2 Å². The Kier molecular flexibility index (Phi) is 2.14. The molecule has 2 rings (SSSR count). The van der Waals surface area contributed by atoms with Gasteiger partial charge in [0.05, 0.1) is 6.10 Å². The van der Waals surface area contributed by atoms with E-state index in [9.17, 15) is 5.11 Å².